The number of aromatic nitrogens is 2. The number of carbonyl (C=O) groups is 4. The van der Waals surface area contributed by atoms with E-state index >= 15 is 0 Å². The zero-order valence-electron chi connectivity index (χ0n) is 37.3. The van der Waals surface area contributed by atoms with Gasteiger partial charge >= 0.3 is 17.9 Å². The Morgan fingerprint density at radius 2 is 1.35 bits per heavy atom. The highest BCUT2D eigenvalue weighted by Crippen LogP contribution is 2.52. The average Bonchev–Trinajstić information content (AvgIpc) is 4.12. The molecular formula is C50H50N4O9S5. The molecule has 18 heteroatoms. The fourth-order valence-electron chi connectivity index (χ4n) is 9.11. The van der Waals surface area contributed by atoms with Gasteiger partial charge in [0, 0.05) is 60.7 Å². The molecule has 3 aliphatic rings. The van der Waals surface area contributed by atoms with Crippen molar-refractivity contribution in [2.45, 2.75) is 101 Å². The van der Waals surface area contributed by atoms with Crippen LogP contribution < -0.4 is 25.2 Å². The number of carbonyl (C=O) groups excluding carboxylic acids is 1. The molecular weight excluding hydrogens is 961 g/mol. The van der Waals surface area contributed by atoms with Crippen molar-refractivity contribution in [2.75, 3.05) is 17.7 Å². The van der Waals surface area contributed by atoms with E-state index in [0.717, 1.165) is 81.8 Å². The number of thioether (sulfide) groups is 2. The Bertz CT molecular complexity index is 3150. The highest BCUT2D eigenvalue weighted by atomic mass is 32.2. The number of carboxylic acid groups (broad SMARTS) is 3. The zero-order valence-corrected chi connectivity index (χ0v) is 41.3. The maximum absolute atomic E-state index is 14.5. The zero-order chi connectivity index (χ0) is 48.1. The van der Waals surface area contributed by atoms with Crippen molar-refractivity contribution in [1.29, 1.82) is 0 Å². The molecule has 8 rings (SSSR count). The topological polar surface area (TPSA) is 179 Å². The number of thiazole rings is 2. The van der Waals surface area contributed by atoms with Crippen LogP contribution in [-0.2, 0) is 32.3 Å². The van der Waals surface area contributed by atoms with Crippen LogP contribution in [0, 0.1) is 9.20 Å². The van der Waals surface area contributed by atoms with Gasteiger partial charge in [0.15, 0.2) is 0 Å². The van der Waals surface area contributed by atoms with Crippen LogP contribution in [-0.4, -0.2) is 76.3 Å². The van der Waals surface area contributed by atoms with Gasteiger partial charge < -0.3 is 20.2 Å². The molecule has 68 heavy (non-hydrogen) atoms. The van der Waals surface area contributed by atoms with E-state index in [-0.39, 0.29) is 59.4 Å². The van der Waals surface area contributed by atoms with Gasteiger partial charge in [-0.05, 0) is 110 Å². The van der Waals surface area contributed by atoms with Crippen LogP contribution in [0.5, 0.6) is 0 Å². The number of hydrogen-bond acceptors (Lipinski definition) is 12. The molecule has 0 radical (unpaired) electrons. The van der Waals surface area contributed by atoms with Crippen molar-refractivity contribution in [2.24, 2.45) is 0 Å². The Labute approximate surface area is 413 Å². The standard InChI is InChI=1S/C50H50N4O9S5/c1-65-34-21-16-31(17-22-34)13-12-30-14-19-33(20-15-30)54-37-9-7-8-35(37)36-28-32(18-23-38(36)54)29-39-45(61)52(27-24-42(59)60)48(66-39)43-46(62)51(25-6-4-11-41(57)58)49(67-43)44-47(63)53(50(64)68-44)26-5-2-3-10-40(55)56/h12-23,28-29,35,37H,2-11,24-27H2,1H3,(H,55,56)(H,57,58)(H,59,60)/b13-12?,39-29-,48-43+,49-44+. The molecule has 1 saturated heterocycles. The number of unbranched alkanes of at least 4 members (excludes halogenated alkanes) is 3. The lowest BCUT2D eigenvalue weighted by molar-refractivity contribution is -0.138. The number of thiocarbonyl (C=S) groups is 1. The average molecular weight is 1010 g/mol. The minimum absolute atomic E-state index is 0.0212. The van der Waals surface area contributed by atoms with E-state index in [4.69, 9.17) is 17.3 Å². The molecule has 1 saturated carbocycles. The van der Waals surface area contributed by atoms with Crippen LogP contribution in [0.3, 0.4) is 0 Å². The van der Waals surface area contributed by atoms with Crippen LogP contribution in [0.2, 0.25) is 0 Å². The Kier molecular flexibility index (Phi) is 15.7. The fourth-order valence-corrected chi connectivity index (χ4v) is 13.4. The lowest BCUT2D eigenvalue weighted by Gasteiger charge is -2.27. The summed E-state index contributed by atoms with van der Waals surface area (Å²) in [6, 6.07) is 23.6. The molecule has 2 unspecified atom stereocenters. The van der Waals surface area contributed by atoms with Gasteiger partial charge in [0.2, 0.25) is 0 Å². The molecule has 4 heterocycles. The number of benzene rings is 3. The molecule has 2 aromatic heterocycles. The Morgan fingerprint density at radius 1 is 0.721 bits per heavy atom. The van der Waals surface area contributed by atoms with Crippen molar-refractivity contribution < 1.29 is 34.5 Å². The number of fused-ring (bicyclic) bond motifs is 3. The molecule has 354 valence electrons. The van der Waals surface area contributed by atoms with Gasteiger partial charge in [0.1, 0.15) is 23.1 Å². The number of amides is 1. The molecule has 3 N–H and O–H groups in total. The number of nitrogens with zero attached hydrogens (tertiary/aromatic N) is 4. The van der Waals surface area contributed by atoms with Crippen molar-refractivity contribution in [3.8, 4) is 0 Å². The van der Waals surface area contributed by atoms with Crippen LogP contribution in [0.1, 0.15) is 98.8 Å². The molecule has 1 amide bonds. The van der Waals surface area contributed by atoms with E-state index in [1.165, 1.54) is 24.5 Å². The minimum Gasteiger partial charge on any atom is -0.481 e. The van der Waals surface area contributed by atoms with E-state index in [0.29, 0.717) is 51.2 Å². The summed E-state index contributed by atoms with van der Waals surface area (Å²) in [4.78, 5) is 82.3. The molecule has 0 spiro atoms. The number of hydrogen-bond donors (Lipinski definition) is 3. The van der Waals surface area contributed by atoms with E-state index < -0.39 is 34.9 Å². The Hall–Kier alpha value is -5.53. The Balaban J connectivity index is 1.16. The van der Waals surface area contributed by atoms with Crippen molar-refractivity contribution in [1.82, 2.24) is 14.0 Å². The van der Waals surface area contributed by atoms with E-state index in [2.05, 4.69) is 84.0 Å². The molecule has 2 aliphatic heterocycles. The number of rotatable bonds is 19. The molecule has 5 aromatic rings. The van der Waals surface area contributed by atoms with E-state index in [1.807, 2.05) is 6.07 Å². The summed E-state index contributed by atoms with van der Waals surface area (Å²) in [7, 11) is 0. The van der Waals surface area contributed by atoms with Crippen molar-refractivity contribution in [3.05, 3.63) is 128 Å². The monoisotopic (exact) mass is 1010 g/mol. The summed E-state index contributed by atoms with van der Waals surface area (Å²) >= 11 is 10.5. The number of anilines is 2. The summed E-state index contributed by atoms with van der Waals surface area (Å²) < 4.78 is 4.15. The quantitative estimate of drug-likeness (QED) is 0.0312. The van der Waals surface area contributed by atoms with Crippen LogP contribution in [0.15, 0.2) is 81.2 Å². The van der Waals surface area contributed by atoms with Gasteiger partial charge in [-0.1, -0.05) is 79.3 Å². The molecule has 1 aliphatic carbocycles. The van der Waals surface area contributed by atoms with Crippen molar-refractivity contribution >= 4 is 121 Å². The normalized spacial score (nSPS) is 18.3. The maximum Gasteiger partial charge on any atom is 0.305 e. The SMILES string of the molecule is CSc1ccc(C=Cc2ccc(N3c4ccc(/C=c5\s/c(=c6/s/c(=C7/SC(=S)N(CCCCCC(=O)O)C7=O)n(CCCCC(=O)O)c6=O)n(CCC(=O)O)c5=O)cc4C4CCCC43)cc2)cc1. The first-order valence-electron chi connectivity index (χ1n) is 22.6. The van der Waals surface area contributed by atoms with Crippen molar-refractivity contribution in [3.63, 3.8) is 0 Å². The van der Waals surface area contributed by atoms with Gasteiger partial charge in [-0.2, -0.15) is 0 Å². The second kappa shape index (κ2) is 21.8. The summed E-state index contributed by atoms with van der Waals surface area (Å²) in [5.74, 6) is -3.07. The van der Waals surface area contributed by atoms with Crippen LogP contribution >= 0.6 is 58.4 Å². The summed E-state index contributed by atoms with van der Waals surface area (Å²) in [5, 5.41) is 28.0. The number of aliphatic carboxylic acids is 3. The van der Waals surface area contributed by atoms with Gasteiger partial charge in [-0.15, -0.1) is 34.4 Å². The van der Waals surface area contributed by atoms with E-state index in [9.17, 15) is 39.0 Å². The third-order valence-corrected chi connectivity index (χ3v) is 17.2. The first-order valence-corrected chi connectivity index (χ1v) is 26.6. The predicted molar refractivity (Wildman–Crippen MR) is 275 cm³/mol. The second-order valence-corrected chi connectivity index (χ2v) is 21.5. The highest BCUT2D eigenvalue weighted by Gasteiger charge is 2.42. The minimum atomic E-state index is -1.11. The predicted octanol–water partition coefficient (Wildman–Crippen LogP) is 8.27. The third kappa shape index (κ3) is 10.8. The Morgan fingerprint density at radius 3 is 2.03 bits per heavy atom. The highest BCUT2D eigenvalue weighted by molar-refractivity contribution is 8.30. The summed E-state index contributed by atoms with van der Waals surface area (Å²) in [6.45, 7) is 0.186. The summed E-state index contributed by atoms with van der Waals surface area (Å²) in [5.41, 5.74) is 5.58. The first-order chi connectivity index (χ1) is 32.8. The molecule has 2 atom stereocenters. The lowest BCUT2D eigenvalue weighted by atomic mass is 9.96. The van der Waals surface area contributed by atoms with Gasteiger partial charge in [0.25, 0.3) is 17.0 Å². The van der Waals surface area contributed by atoms with Gasteiger partial charge in [-0.3, -0.25) is 42.8 Å². The third-order valence-electron chi connectivity index (χ3n) is 12.4. The van der Waals surface area contributed by atoms with Gasteiger partial charge in [-0.25, -0.2) is 0 Å². The largest absolute Gasteiger partial charge is 0.481 e. The smallest absolute Gasteiger partial charge is 0.305 e. The summed E-state index contributed by atoms with van der Waals surface area (Å²) in [6.07, 6.45) is 13.0. The fraction of sp³-hybridized carbons (Fsp3) is 0.340. The van der Waals surface area contributed by atoms with Crippen LogP contribution in [0.4, 0.5) is 11.4 Å². The molecule has 0 bridgehead atoms. The second-order valence-electron chi connectivity index (χ2n) is 16.9. The molecule has 2 fully saturated rings. The van der Waals surface area contributed by atoms with Crippen LogP contribution in [0.25, 0.3) is 23.1 Å². The van der Waals surface area contributed by atoms with E-state index in [1.54, 1.807) is 17.8 Å². The van der Waals surface area contributed by atoms with Gasteiger partial charge in [0.05, 0.1) is 11.0 Å². The molecule has 13 nitrogen and oxygen atoms in total. The maximum atomic E-state index is 14.5. The number of carboxylic acids is 3. The lowest BCUT2D eigenvalue weighted by Crippen LogP contribution is -2.32. The molecule has 3 aromatic carbocycles. The first kappa shape index (κ1) is 48.9.